The Bertz CT molecular complexity index is 854. The van der Waals surface area contributed by atoms with Gasteiger partial charge in [0.25, 0.3) is 0 Å². The van der Waals surface area contributed by atoms with Gasteiger partial charge in [0.15, 0.2) is 0 Å². The average molecular weight is 299 g/mol. The van der Waals surface area contributed by atoms with E-state index >= 15 is 0 Å². The van der Waals surface area contributed by atoms with Gasteiger partial charge >= 0.3 is 5.97 Å². The fraction of sp³-hybridized carbons (Fsp3) is 0.118. The summed E-state index contributed by atoms with van der Waals surface area (Å²) < 4.78 is 25.3. The molecule has 0 spiro atoms. The van der Waals surface area contributed by atoms with Crippen LogP contribution in [0.25, 0.3) is 16.6 Å². The van der Waals surface area contributed by atoms with Crippen LogP contribution in [-0.4, -0.2) is 24.8 Å². The largest absolute Gasteiger partial charge is 0.497 e. The lowest BCUT2D eigenvalue weighted by Gasteiger charge is -2.08. The first-order valence-corrected chi connectivity index (χ1v) is 6.67. The Morgan fingerprint density at radius 2 is 1.91 bits per heavy atom. The van der Waals surface area contributed by atoms with Crippen LogP contribution in [-0.2, 0) is 4.74 Å². The zero-order valence-corrected chi connectivity index (χ0v) is 12.2. The van der Waals surface area contributed by atoms with Crippen molar-refractivity contribution in [2.75, 3.05) is 14.2 Å². The quantitative estimate of drug-likeness (QED) is 0.694. The molecular formula is C17H14FNO3. The lowest BCUT2D eigenvalue weighted by Crippen LogP contribution is -2.00. The molecule has 0 aliphatic rings. The number of fused-ring (bicyclic) bond motifs is 1. The van der Waals surface area contributed by atoms with Gasteiger partial charge in [0, 0.05) is 23.7 Å². The van der Waals surface area contributed by atoms with E-state index in [0.29, 0.717) is 17.0 Å². The molecule has 0 amide bonds. The lowest BCUT2D eigenvalue weighted by molar-refractivity contribution is 0.0601. The standard InChI is InChI=1S/C17H14FNO3/c1-21-15-9-13(18)8-14(10-15)19-6-5-11-7-12(17(20)22-2)3-4-16(11)19/h3-10H,1-2H3. The predicted molar refractivity (Wildman–Crippen MR) is 81.1 cm³/mol. The average Bonchev–Trinajstić information content (AvgIpc) is 2.96. The number of rotatable bonds is 3. The van der Waals surface area contributed by atoms with Crippen molar-refractivity contribution >= 4 is 16.9 Å². The molecule has 0 unspecified atom stereocenters. The van der Waals surface area contributed by atoms with Crippen LogP contribution in [0.1, 0.15) is 10.4 Å². The highest BCUT2D eigenvalue weighted by Gasteiger charge is 2.10. The van der Waals surface area contributed by atoms with E-state index < -0.39 is 0 Å². The van der Waals surface area contributed by atoms with Crippen molar-refractivity contribution in [1.29, 1.82) is 0 Å². The second-order valence-electron chi connectivity index (χ2n) is 4.80. The van der Waals surface area contributed by atoms with E-state index in [0.717, 1.165) is 10.9 Å². The summed E-state index contributed by atoms with van der Waals surface area (Å²) in [6.07, 6.45) is 1.82. The second kappa shape index (κ2) is 5.52. The molecule has 112 valence electrons. The van der Waals surface area contributed by atoms with Gasteiger partial charge in [0.2, 0.25) is 0 Å². The summed E-state index contributed by atoms with van der Waals surface area (Å²) in [6.45, 7) is 0. The molecule has 0 aliphatic carbocycles. The van der Waals surface area contributed by atoms with Crippen LogP contribution in [0, 0.1) is 5.82 Å². The van der Waals surface area contributed by atoms with Crippen LogP contribution in [0.2, 0.25) is 0 Å². The molecule has 3 aromatic rings. The predicted octanol–water partition coefficient (Wildman–Crippen LogP) is 3.56. The van der Waals surface area contributed by atoms with Crippen molar-refractivity contribution in [3.8, 4) is 11.4 Å². The minimum absolute atomic E-state index is 0.373. The molecule has 22 heavy (non-hydrogen) atoms. The number of ether oxygens (including phenoxy) is 2. The number of methoxy groups -OCH3 is 2. The van der Waals surface area contributed by atoms with Gasteiger partial charge in [-0.2, -0.15) is 0 Å². The molecule has 5 heteroatoms. The minimum atomic E-state index is -0.387. The van der Waals surface area contributed by atoms with E-state index in [1.807, 2.05) is 16.8 Å². The van der Waals surface area contributed by atoms with Crippen molar-refractivity contribution in [3.05, 3.63) is 60.0 Å². The van der Waals surface area contributed by atoms with Crippen LogP contribution in [0.3, 0.4) is 0 Å². The first-order chi connectivity index (χ1) is 10.6. The fourth-order valence-electron chi connectivity index (χ4n) is 2.42. The number of hydrogen-bond donors (Lipinski definition) is 0. The van der Waals surface area contributed by atoms with E-state index in [4.69, 9.17) is 9.47 Å². The maximum atomic E-state index is 13.7. The summed E-state index contributed by atoms with van der Waals surface area (Å²) in [5.41, 5.74) is 1.99. The first kappa shape index (κ1) is 14.1. The molecular weight excluding hydrogens is 285 g/mol. The number of esters is 1. The third kappa shape index (κ3) is 2.41. The highest BCUT2D eigenvalue weighted by atomic mass is 19.1. The topological polar surface area (TPSA) is 40.5 Å². The van der Waals surface area contributed by atoms with Crippen molar-refractivity contribution in [2.24, 2.45) is 0 Å². The third-order valence-electron chi connectivity index (χ3n) is 3.48. The van der Waals surface area contributed by atoms with Crippen LogP contribution in [0.4, 0.5) is 4.39 Å². The number of carbonyl (C=O) groups is 1. The lowest BCUT2D eigenvalue weighted by atomic mass is 10.1. The fourth-order valence-corrected chi connectivity index (χ4v) is 2.42. The van der Waals surface area contributed by atoms with Gasteiger partial charge in [-0.3, -0.25) is 0 Å². The molecule has 0 saturated heterocycles. The minimum Gasteiger partial charge on any atom is -0.497 e. The molecule has 0 aliphatic heterocycles. The Balaban J connectivity index is 2.12. The van der Waals surface area contributed by atoms with Gasteiger partial charge in [-0.25, -0.2) is 9.18 Å². The number of carbonyl (C=O) groups excluding carboxylic acids is 1. The van der Waals surface area contributed by atoms with Gasteiger partial charge in [0.1, 0.15) is 11.6 Å². The van der Waals surface area contributed by atoms with Crippen LogP contribution >= 0.6 is 0 Å². The normalized spacial score (nSPS) is 10.7. The van der Waals surface area contributed by atoms with Gasteiger partial charge in [-0.1, -0.05) is 0 Å². The smallest absolute Gasteiger partial charge is 0.337 e. The van der Waals surface area contributed by atoms with Crippen LogP contribution < -0.4 is 4.74 Å². The molecule has 2 aromatic carbocycles. The third-order valence-corrected chi connectivity index (χ3v) is 3.48. The van der Waals surface area contributed by atoms with Crippen molar-refractivity contribution < 1.29 is 18.7 Å². The number of benzene rings is 2. The molecule has 0 saturated carbocycles. The molecule has 0 atom stereocenters. The summed E-state index contributed by atoms with van der Waals surface area (Å²) in [6, 6.07) is 11.6. The van der Waals surface area contributed by atoms with Crippen molar-refractivity contribution in [3.63, 3.8) is 0 Å². The summed E-state index contributed by atoms with van der Waals surface area (Å²) in [7, 11) is 2.84. The number of nitrogens with zero attached hydrogens (tertiary/aromatic N) is 1. The van der Waals surface area contributed by atoms with E-state index in [1.165, 1.54) is 26.4 Å². The summed E-state index contributed by atoms with van der Waals surface area (Å²) in [5, 5.41) is 0.867. The van der Waals surface area contributed by atoms with Crippen molar-refractivity contribution in [2.45, 2.75) is 0 Å². The van der Waals surface area contributed by atoms with Gasteiger partial charge < -0.3 is 14.0 Å². The zero-order chi connectivity index (χ0) is 15.7. The number of hydrogen-bond acceptors (Lipinski definition) is 3. The molecule has 0 fully saturated rings. The Labute approximate surface area is 126 Å². The van der Waals surface area contributed by atoms with E-state index in [9.17, 15) is 9.18 Å². The highest BCUT2D eigenvalue weighted by molar-refractivity contribution is 5.95. The van der Waals surface area contributed by atoms with Crippen LogP contribution in [0.5, 0.6) is 5.75 Å². The van der Waals surface area contributed by atoms with Gasteiger partial charge in [-0.15, -0.1) is 0 Å². The Hall–Kier alpha value is -2.82. The molecule has 0 radical (unpaired) electrons. The van der Waals surface area contributed by atoms with Gasteiger partial charge in [0.05, 0.1) is 31.0 Å². The maximum absolute atomic E-state index is 13.7. The molecule has 1 heterocycles. The van der Waals surface area contributed by atoms with E-state index in [1.54, 1.807) is 24.3 Å². The van der Waals surface area contributed by atoms with Gasteiger partial charge in [-0.05, 0) is 30.3 Å². The SMILES string of the molecule is COC(=O)c1ccc2c(ccn2-c2cc(F)cc(OC)c2)c1. The number of halogens is 1. The van der Waals surface area contributed by atoms with Crippen molar-refractivity contribution in [1.82, 2.24) is 4.57 Å². The molecule has 0 N–H and O–H groups in total. The number of aromatic nitrogens is 1. The summed E-state index contributed by atoms with van der Waals surface area (Å²) in [4.78, 5) is 11.6. The second-order valence-corrected chi connectivity index (χ2v) is 4.80. The maximum Gasteiger partial charge on any atom is 0.337 e. The molecule has 0 bridgehead atoms. The summed E-state index contributed by atoms with van der Waals surface area (Å²) in [5.74, 6) is -0.313. The Morgan fingerprint density at radius 1 is 1.09 bits per heavy atom. The Kier molecular flexibility index (Phi) is 3.55. The first-order valence-electron chi connectivity index (χ1n) is 6.67. The molecule has 1 aromatic heterocycles. The molecule has 3 rings (SSSR count). The highest BCUT2D eigenvalue weighted by Crippen LogP contribution is 2.25. The summed E-state index contributed by atoms with van der Waals surface area (Å²) >= 11 is 0. The monoisotopic (exact) mass is 299 g/mol. The molecule has 4 nitrogen and oxygen atoms in total. The zero-order valence-electron chi connectivity index (χ0n) is 12.2. The Morgan fingerprint density at radius 3 is 2.64 bits per heavy atom. The van der Waals surface area contributed by atoms with Crippen LogP contribution in [0.15, 0.2) is 48.7 Å². The van der Waals surface area contributed by atoms with E-state index in [-0.39, 0.29) is 11.8 Å². The van der Waals surface area contributed by atoms with E-state index in [2.05, 4.69) is 0 Å².